The highest BCUT2D eigenvalue weighted by atomic mass is 16.5. The fourth-order valence-electron chi connectivity index (χ4n) is 3.54. The summed E-state index contributed by atoms with van der Waals surface area (Å²) in [6.07, 6.45) is 0.917. The summed E-state index contributed by atoms with van der Waals surface area (Å²) in [5.74, 6) is 1.08. The summed E-state index contributed by atoms with van der Waals surface area (Å²) >= 11 is 0. The molecular weight excluding hydrogens is 432 g/mol. The van der Waals surface area contributed by atoms with Crippen molar-refractivity contribution < 1.29 is 19.1 Å². The van der Waals surface area contributed by atoms with Gasteiger partial charge in [0, 0.05) is 23.9 Å². The van der Waals surface area contributed by atoms with Gasteiger partial charge in [0.05, 0.1) is 18.1 Å². The predicted octanol–water partition coefficient (Wildman–Crippen LogP) is 4.72. The van der Waals surface area contributed by atoms with Gasteiger partial charge in [0.25, 0.3) is 11.8 Å². The molecule has 34 heavy (non-hydrogen) atoms. The number of para-hydroxylation sites is 2. The second-order valence-electron chi connectivity index (χ2n) is 7.62. The number of hydrogen-bond acceptors (Lipinski definition) is 5. The maximum atomic E-state index is 12.8. The third-order valence-corrected chi connectivity index (χ3v) is 5.17. The lowest BCUT2D eigenvalue weighted by molar-refractivity contribution is -0.118. The number of fused-ring (bicyclic) bond motifs is 1. The zero-order chi connectivity index (χ0) is 23.9. The molecule has 8 heteroatoms. The largest absolute Gasteiger partial charge is 0.497 e. The predicted molar refractivity (Wildman–Crippen MR) is 132 cm³/mol. The van der Waals surface area contributed by atoms with Gasteiger partial charge >= 0.3 is 0 Å². The first-order valence-corrected chi connectivity index (χ1v) is 11.0. The fraction of sp³-hybridized carbons (Fsp3) is 0.192. The minimum atomic E-state index is -0.301. The molecule has 3 aromatic carbocycles. The van der Waals surface area contributed by atoms with Gasteiger partial charge in [-0.2, -0.15) is 0 Å². The number of nitrogens with zero attached hydrogens (tertiary/aromatic N) is 2. The molecule has 0 atom stereocenters. The molecule has 2 amide bonds. The van der Waals surface area contributed by atoms with Crippen LogP contribution in [0.2, 0.25) is 0 Å². The molecule has 0 saturated carbocycles. The third kappa shape index (κ3) is 5.35. The first-order chi connectivity index (χ1) is 16.6. The molecule has 2 N–H and O–H groups in total. The van der Waals surface area contributed by atoms with Crippen LogP contribution < -0.4 is 20.1 Å². The van der Waals surface area contributed by atoms with Crippen molar-refractivity contribution in [3.05, 3.63) is 78.4 Å². The van der Waals surface area contributed by atoms with E-state index in [1.807, 2.05) is 28.8 Å². The summed E-state index contributed by atoms with van der Waals surface area (Å²) in [5, 5.41) is 5.66. The third-order valence-electron chi connectivity index (χ3n) is 5.17. The van der Waals surface area contributed by atoms with E-state index >= 15 is 0 Å². The molecule has 0 aliphatic rings. The number of hydrogen-bond donors (Lipinski definition) is 2. The van der Waals surface area contributed by atoms with E-state index in [4.69, 9.17) is 9.47 Å². The smallest absolute Gasteiger partial charge is 0.262 e. The lowest BCUT2D eigenvalue weighted by atomic mass is 10.2. The Bertz CT molecular complexity index is 1300. The molecule has 0 aliphatic carbocycles. The number of imidazole rings is 1. The van der Waals surface area contributed by atoms with E-state index in [0.717, 1.165) is 24.0 Å². The maximum Gasteiger partial charge on any atom is 0.262 e. The molecule has 8 nitrogen and oxygen atoms in total. The summed E-state index contributed by atoms with van der Waals surface area (Å²) in [4.78, 5) is 29.5. The van der Waals surface area contributed by atoms with Crippen molar-refractivity contribution in [3.63, 3.8) is 0 Å². The van der Waals surface area contributed by atoms with Crippen molar-refractivity contribution >= 4 is 34.5 Å². The van der Waals surface area contributed by atoms with Crippen LogP contribution in [0.4, 0.5) is 11.6 Å². The normalized spacial score (nSPS) is 10.6. The van der Waals surface area contributed by atoms with Crippen LogP contribution in [0.3, 0.4) is 0 Å². The average Bonchev–Trinajstić information content (AvgIpc) is 3.20. The molecule has 4 rings (SSSR count). The summed E-state index contributed by atoms with van der Waals surface area (Å²) in [5.41, 5.74) is 2.90. The van der Waals surface area contributed by atoms with E-state index in [-0.39, 0.29) is 18.4 Å². The fourth-order valence-corrected chi connectivity index (χ4v) is 3.54. The molecule has 0 fully saturated rings. The number of aryl methyl sites for hydroxylation is 1. The Balaban J connectivity index is 1.36. The number of benzene rings is 3. The van der Waals surface area contributed by atoms with Gasteiger partial charge in [-0.05, 0) is 55.0 Å². The van der Waals surface area contributed by atoms with Gasteiger partial charge < -0.3 is 19.4 Å². The van der Waals surface area contributed by atoms with Crippen LogP contribution in [0.1, 0.15) is 23.7 Å². The molecular formula is C26H26N4O4. The molecule has 0 unspecified atom stereocenters. The SMILES string of the molecule is CCCn1c(NC(=O)c2ccc(OCC(=O)Nc3cccc(OC)c3)cc2)nc2ccccc21. The lowest BCUT2D eigenvalue weighted by Gasteiger charge is -2.10. The Morgan fingerprint density at radius 3 is 2.50 bits per heavy atom. The van der Waals surface area contributed by atoms with Crippen molar-refractivity contribution in [1.82, 2.24) is 9.55 Å². The molecule has 0 aliphatic heterocycles. The molecule has 1 heterocycles. The number of amides is 2. The van der Waals surface area contributed by atoms with Gasteiger partial charge in [0.1, 0.15) is 11.5 Å². The molecule has 4 aromatic rings. The second-order valence-corrected chi connectivity index (χ2v) is 7.62. The van der Waals surface area contributed by atoms with E-state index < -0.39 is 0 Å². The van der Waals surface area contributed by atoms with Crippen molar-refractivity contribution in [2.45, 2.75) is 19.9 Å². The number of ether oxygens (including phenoxy) is 2. The van der Waals surface area contributed by atoms with Crippen LogP contribution in [0.15, 0.2) is 72.8 Å². The van der Waals surface area contributed by atoms with Gasteiger partial charge in [0.2, 0.25) is 5.95 Å². The van der Waals surface area contributed by atoms with E-state index in [0.29, 0.717) is 28.7 Å². The van der Waals surface area contributed by atoms with Crippen molar-refractivity contribution in [1.29, 1.82) is 0 Å². The summed E-state index contributed by atoms with van der Waals surface area (Å²) < 4.78 is 12.7. The molecule has 1 aromatic heterocycles. The Labute approximate surface area is 197 Å². The van der Waals surface area contributed by atoms with Crippen LogP contribution >= 0.6 is 0 Å². The van der Waals surface area contributed by atoms with E-state index in [1.54, 1.807) is 55.6 Å². The Kier molecular flexibility index (Phi) is 7.07. The number of methoxy groups -OCH3 is 1. The van der Waals surface area contributed by atoms with Crippen LogP contribution in [0.25, 0.3) is 11.0 Å². The monoisotopic (exact) mass is 458 g/mol. The maximum absolute atomic E-state index is 12.8. The minimum absolute atomic E-state index is 0.163. The Morgan fingerprint density at radius 1 is 0.941 bits per heavy atom. The Hall–Kier alpha value is -4.33. The Morgan fingerprint density at radius 2 is 1.74 bits per heavy atom. The van der Waals surface area contributed by atoms with E-state index in [9.17, 15) is 9.59 Å². The second kappa shape index (κ2) is 10.5. The van der Waals surface area contributed by atoms with E-state index in [2.05, 4.69) is 22.5 Å². The summed E-state index contributed by atoms with van der Waals surface area (Å²) in [7, 11) is 1.56. The zero-order valence-electron chi connectivity index (χ0n) is 19.1. The van der Waals surface area contributed by atoms with E-state index in [1.165, 1.54) is 0 Å². The quantitative estimate of drug-likeness (QED) is 0.378. The van der Waals surface area contributed by atoms with Crippen LogP contribution in [0.5, 0.6) is 11.5 Å². The number of anilines is 2. The number of aromatic nitrogens is 2. The molecule has 0 radical (unpaired) electrons. The number of nitrogens with one attached hydrogen (secondary N) is 2. The van der Waals surface area contributed by atoms with Gasteiger partial charge in [-0.3, -0.25) is 14.9 Å². The van der Waals surface area contributed by atoms with Crippen LogP contribution in [-0.4, -0.2) is 35.1 Å². The lowest BCUT2D eigenvalue weighted by Crippen LogP contribution is -2.20. The first kappa shape index (κ1) is 22.8. The molecule has 0 saturated heterocycles. The number of rotatable bonds is 9. The standard InChI is InChI=1S/C26H26N4O4/c1-3-15-30-23-10-5-4-9-22(23)28-26(30)29-25(32)18-11-13-20(14-12-18)34-17-24(31)27-19-7-6-8-21(16-19)33-2/h4-14,16H,3,15,17H2,1-2H3,(H,27,31)(H,28,29,32). The molecule has 174 valence electrons. The summed E-state index contributed by atoms with van der Waals surface area (Å²) in [6, 6.07) is 21.5. The molecule has 0 bridgehead atoms. The first-order valence-electron chi connectivity index (χ1n) is 11.0. The van der Waals surface area contributed by atoms with Gasteiger partial charge in [-0.1, -0.05) is 25.1 Å². The minimum Gasteiger partial charge on any atom is -0.497 e. The molecule has 0 spiro atoms. The van der Waals surface area contributed by atoms with Gasteiger partial charge in [0.15, 0.2) is 6.61 Å². The van der Waals surface area contributed by atoms with Crippen molar-refractivity contribution in [3.8, 4) is 11.5 Å². The number of carbonyl (C=O) groups excluding carboxylic acids is 2. The zero-order valence-corrected chi connectivity index (χ0v) is 19.1. The topological polar surface area (TPSA) is 94.5 Å². The van der Waals surface area contributed by atoms with Gasteiger partial charge in [-0.15, -0.1) is 0 Å². The average molecular weight is 459 g/mol. The van der Waals surface area contributed by atoms with Crippen molar-refractivity contribution in [2.24, 2.45) is 0 Å². The highest BCUT2D eigenvalue weighted by molar-refractivity contribution is 6.04. The van der Waals surface area contributed by atoms with Crippen molar-refractivity contribution in [2.75, 3.05) is 24.4 Å². The van der Waals surface area contributed by atoms with Crippen LogP contribution in [-0.2, 0) is 11.3 Å². The van der Waals surface area contributed by atoms with Crippen LogP contribution in [0, 0.1) is 0 Å². The highest BCUT2D eigenvalue weighted by Crippen LogP contribution is 2.21. The van der Waals surface area contributed by atoms with Gasteiger partial charge in [-0.25, -0.2) is 4.98 Å². The summed E-state index contributed by atoms with van der Waals surface area (Å²) in [6.45, 7) is 2.67. The number of carbonyl (C=O) groups is 2. The highest BCUT2D eigenvalue weighted by Gasteiger charge is 2.14.